The van der Waals surface area contributed by atoms with Crippen molar-refractivity contribution >= 4 is 41.0 Å². The summed E-state index contributed by atoms with van der Waals surface area (Å²) in [5.41, 5.74) is 3.28. The number of nitrogens with one attached hydrogen (secondary N) is 4. The normalized spacial score (nSPS) is 13.6. The van der Waals surface area contributed by atoms with Crippen LogP contribution in [-0.4, -0.2) is 47.3 Å². The van der Waals surface area contributed by atoms with Gasteiger partial charge in [0.25, 0.3) is 0 Å². The summed E-state index contributed by atoms with van der Waals surface area (Å²) in [4.78, 5) is 4.60. The number of benzene rings is 1. The van der Waals surface area contributed by atoms with Crippen LogP contribution in [0, 0.1) is 5.41 Å². The van der Waals surface area contributed by atoms with Crippen LogP contribution in [0.5, 0.6) is 0 Å². The number of aryl methyl sites for hydroxylation is 1. The molecule has 1 fully saturated rings. The Labute approximate surface area is 173 Å². The zero-order valence-corrected chi connectivity index (χ0v) is 16.9. The first-order valence-electron chi connectivity index (χ1n) is 9.22. The number of anilines is 4. The van der Waals surface area contributed by atoms with E-state index in [-0.39, 0.29) is 6.04 Å². The number of aromatic nitrogens is 3. The van der Waals surface area contributed by atoms with Gasteiger partial charge in [0.15, 0.2) is 0 Å². The maximum atomic E-state index is 7.77. The predicted molar refractivity (Wildman–Crippen MR) is 117 cm³/mol. The molecule has 0 bridgehead atoms. The standard InChI is InChI=1S/C20H22ClN7O/c1-23-20-15(9-22)17(24-14-10-29-11-14)7-18(26-20)25-19-8-16(27-28(19)2)12-4-3-5-13(21)6-12/h3-9,14,22H,10-11H2,1-2H3,(H3,23,24,25,26). The van der Waals surface area contributed by atoms with Crippen LogP contribution >= 0.6 is 11.6 Å². The van der Waals surface area contributed by atoms with Crippen molar-refractivity contribution in [2.24, 2.45) is 7.05 Å². The van der Waals surface area contributed by atoms with Crippen molar-refractivity contribution in [2.45, 2.75) is 6.04 Å². The van der Waals surface area contributed by atoms with Gasteiger partial charge in [-0.05, 0) is 12.1 Å². The van der Waals surface area contributed by atoms with Crippen molar-refractivity contribution in [3.63, 3.8) is 0 Å². The molecule has 3 heterocycles. The second-order valence-electron chi connectivity index (χ2n) is 6.76. The summed E-state index contributed by atoms with van der Waals surface area (Å²) < 4.78 is 7.00. The maximum Gasteiger partial charge on any atom is 0.139 e. The molecule has 0 atom stereocenters. The number of halogens is 1. The Hall–Kier alpha value is -3.10. The smallest absolute Gasteiger partial charge is 0.139 e. The molecule has 1 aromatic carbocycles. The van der Waals surface area contributed by atoms with Gasteiger partial charge in [-0.15, -0.1) is 0 Å². The van der Waals surface area contributed by atoms with Gasteiger partial charge < -0.3 is 26.1 Å². The minimum absolute atomic E-state index is 0.236. The fraction of sp³-hybridized carbons (Fsp3) is 0.250. The van der Waals surface area contributed by atoms with Gasteiger partial charge in [0.05, 0.1) is 36.2 Å². The Morgan fingerprint density at radius 3 is 2.76 bits per heavy atom. The van der Waals surface area contributed by atoms with E-state index in [0.717, 1.165) is 22.8 Å². The van der Waals surface area contributed by atoms with E-state index in [2.05, 4.69) is 26.0 Å². The molecule has 4 N–H and O–H groups in total. The molecule has 0 aliphatic carbocycles. The third-order valence-corrected chi connectivity index (χ3v) is 4.93. The molecular weight excluding hydrogens is 390 g/mol. The van der Waals surface area contributed by atoms with Gasteiger partial charge in [-0.3, -0.25) is 4.68 Å². The van der Waals surface area contributed by atoms with Crippen LogP contribution < -0.4 is 16.0 Å². The van der Waals surface area contributed by atoms with E-state index in [4.69, 9.17) is 21.7 Å². The Morgan fingerprint density at radius 1 is 1.28 bits per heavy atom. The zero-order chi connectivity index (χ0) is 20.4. The Balaban J connectivity index is 1.65. The van der Waals surface area contributed by atoms with Crippen molar-refractivity contribution in [3.8, 4) is 11.3 Å². The summed E-state index contributed by atoms with van der Waals surface area (Å²) in [6, 6.07) is 11.7. The molecule has 1 aliphatic rings. The summed E-state index contributed by atoms with van der Waals surface area (Å²) in [5, 5.41) is 22.8. The lowest BCUT2D eigenvalue weighted by molar-refractivity contribution is 0.0211. The number of nitrogens with zero attached hydrogens (tertiary/aromatic N) is 3. The highest BCUT2D eigenvalue weighted by Crippen LogP contribution is 2.29. The molecule has 1 aliphatic heterocycles. The van der Waals surface area contributed by atoms with Crippen molar-refractivity contribution in [3.05, 3.63) is 47.0 Å². The van der Waals surface area contributed by atoms with Crippen molar-refractivity contribution in [2.75, 3.05) is 36.2 Å². The van der Waals surface area contributed by atoms with Gasteiger partial charge in [0.2, 0.25) is 0 Å². The molecule has 1 saturated heterocycles. The number of pyridine rings is 1. The summed E-state index contributed by atoms with van der Waals surface area (Å²) in [6.07, 6.45) is 1.30. The lowest BCUT2D eigenvalue weighted by Crippen LogP contribution is -2.40. The minimum atomic E-state index is 0.236. The third-order valence-electron chi connectivity index (χ3n) is 4.69. The monoisotopic (exact) mass is 411 g/mol. The fourth-order valence-electron chi connectivity index (χ4n) is 3.12. The van der Waals surface area contributed by atoms with E-state index in [1.54, 1.807) is 11.7 Å². The Morgan fingerprint density at radius 2 is 2.10 bits per heavy atom. The van der Waals surface area contributed by atoms with Gasteiger partial charge in [-0.2, -0.15) is 5.10 Å². The second kappa shape index (κ2) is 8.10. The van der Waals surface area contributed by atoms with Crippen LogP contribution in [-0.2, 0) is 11.8 Å². The molecule has 2 aromatic heterocycles. The van der Waals surface area contributed by atoms with E-state index in [9.17, 15) is 0 Å². The quantitative estimate of drug-likeness (QED) is 0.442. The van der Waals surface area contributed by atoms with E-state index in [1.165, 1.54) is 6.21 Å². The maximum absolute atomic E-state index is 7.77. The lowest BCUT2D eigenvalue weighted by Gasteiger charge is -2.29. The number of ether oxygens (including phenoxy) is 1. The summed E-state index contributed by atoms with van der Waals surface area (Å²) in [7, 11) is 3.66. The first-order valence-corrected chi connectivity index (χ1v) is 9.59. The molecule has 0 amide bonds. The van der Waals surface area contributed by atoms with Crippen LogP contribution in [0.4, 0.5) is 23.1 Å². The SMILES string of the molecule is CNc1nc(Nc2cc(-c3cccc(Cl)c3)nn2C)cc(NC2COC2)c1C=N. The van der Waals surface area contributed by atoms with Crippen LogP contribution in [0.25, 0.3) is 11.3 Å². The molecule has 0 spiro atoms. The molecule has 29 heavy (non-hydrogen) atoms. The minimum Gasteiger partial charge on any atom is -0.377 e. The summed E-state index contributed by atoms with van der Waals surface area (Å²) in [6.45, 7) is 1.31. The third kappa shape index (κ3) is 4.03. The van der Waals surface area contributed by atoms with Gasteiger partial charge in [-0.1, -0.05) is 23.7 Å². The van der Waals surface area contributed by atoms with Crippen LogP contribution in [0.15, 0.2) is 36.4 Å². The molecular formula is C20H22ClN7O. The first-order chi connectivity index (χ1) is 14.1. The van der Waals surface area contributed by atoms with Crippen LogP contribution in [0.2, 0.25) is 5.02 Å². The number of rotatable bonds is 7. The second-order valence-corrected chi connectivity index (χ2v) is 7.20. The van der Waals surface area contributed by atoms with Crippen molar-refractivity contribution < 1.29 is 4.74 Å². The van der Waals surface area contributed by atoms with Gasteiger partial charge in [0, 0.05) is 43.0 Å². The highest BCUT2D eigenvalue weighted by Gasteiger charge is 2.21. The van der Waals surface area contributed by atoms with Crippen molar-refractivity contribution in [1.29, 1.82) is 5.41 Å². The molecule has 3 aromatic rings. The topological polar surface area (TPSA) is 99.9 Å². The van der Waals surface area contributed by atoms with Crippen LogP contribution in [0.3, 0.4) is 0 Å². The highest BCUT2D eigenvalue weighted by atomic mass is 35.5. The van der Waals surface area contributed by atoms with Crippen molar-refractivity contribution in [1.82, 2.24) is 14.8 Å². The van der Waals surface area contributed by atoms with E-state index < -0.39 is 0 Å². The Bertz CT molecular complexity index is 1050. The lowest BCUT2D eigenvalue weighted by atomic mass is 10.1. The molecule has 0 unspecified atom stereocenters. The Kier molecular flexibility index (Phi) is 5.37. The molecule has 150 valence electrons. The molecule has 4 rings (SSSR count). The molecule has 0 saturated carbocycles. The van der Waals surface area contributed by atoms with Gasteiger partial charge >= 0.3 is 0 Å². The number of hydrogen-bond acceptors (Lipinski definition) is 7. The van der Waals surface area contributed by atoms with E-state index >= 15 is 0 Å². The summed E-state index contributed by atoms with van der Waals surface area (Å²) in [5.74, 6) is 2.04. The van der Waals surface area contributed by atoms with E-state index in [0.29, 0.717) is 35.4 Å². The first kappa shape index (κ1) is 19.2. The van der Waals surface area contributed by atoms with Gasteiger partial charge in [0.1, 0.15) is 17.5 Å². The highest BCUT2D eigenvalue weighted by molar-refractivity contribution is 6.30. The fourth-order valence-corrected chi connectivity index (χ4v) is 3.31. The molecule has 9 heteroatoms. The largest absolute Gasteiger partial charge is 0.377 e. The number of hydrogen-bond donors (Lipinski definition) is 4. The predicted octanol–water partition coefficient (Wildman–Crippen LogP) is 3.73. The average molecular weight is 412 g/mol. The van der Waals surface area contributed by atoms with Crippen LogP contribution in [0.1, 0.15) is 5.56 Å². The van der Waals surface area contributed by atoms with Gasteiger partial charge in [-0.25, -0.2) is 4.98 Å². The zero-order valence-electron chi connectivity index (χ0n) is 16.2. The molecule has 0 radical (unpaired) electrons. The van der Waals surface area contributed by atoms with E-state index in [1.807, 2.05) is 43.4 Å². The average Bonchev–Trinajstić information content (AvgIpc) is 3.04. The molecule has 8 nitrogen and oxygen atoms in total. The summed E-state index contributed by atoms with van der Waals surface area (Å²) >= 11 is 6.11.